The van der Waals surface area contributed by atoms with Crippen molar-refractivity contribution in [3.63, 3.8) is 0 Å². The van der Waals surface area contributed by atoms with Gasteiger partial charge in [0.2, 0.25) is 0 Å². The Bertz CT molecular complexity index is 638. The van der Waals surface area contributed by atoms with Gasteiger partial charge >= 0.3 is 5.76 Å². The van der Waals surface area contributed by atoms with E-state index in [9.17, 15) is 9.59 Å². The highest BCUT2D eigenvalue weighted by atomic mass is 16.4. The number of aryl methyl sites for hydroxylation is 1. The van der Waals surface area contributed by atoms with Crippen molar-refractivity contribution < 1.29 is 9.21 Å². The second-order valence-electron chi connectivity index (χ2n) is 4.83. The molecule has 0 radical (unpaired) electrons. The molecule has 1 unspecified atom stereocenters. The lowest BCUT2D eigenvalue weighted by atomic mass is 10.0. The van der Waals surface area contributed by atoms with Crippen LogP contribution in [0, 0.1) is 5.92 Å². The molecule has 1 aromatic carbocycles. The standard InChI is InChI=1S/C14H15NO3/c16-12-6-3-4-10(12)8-9-15-11-5-1-2-7-13(11)18-14(15)17/h1-2,5,7,10H,3-4,6,8-9H2. The predicted octanol–water partition coefficient (Wildman–Crippen LogP) is 2.35. The van der Waals surface area contributed by atoms with Crippen molar-refractivity contribution in [1.82, 2.24) is 4.57 Å². The van der Waals surface area contributed by atoms with Crippen molar-refractivity contribution in [3.05, 3.63) is 34.8 Å². The number of oxazole rings is 1. The molecule has 0 saturated heterocycles. The third-order valence-corrected chi connectivity index (χ3v) is 3.71. The van der Waals surface area contributed by atoms with Crippen LogP contribution in [0.4, 0.5) is 0 Å². The molecular formula is C14H15NO3. The fourth-order valence-electron chi connectivity index (χ4n) is 2.70. The highest BCUT2D eigenvalue weighted by Crippen LogP contribution is 2.25. The van der Waals surface area contributed by atoms with Crippen molar-refractivity contribution >= 4 is 16.9 Å². The number of aromatic nitrogens is 1. The summed E-state index contributed by atoms with van der Waals surface area (Å²) in [5.74, 6) is 0.142. The van der Waals surface area contributed by atoms with E-state index in [0.29, 0.717) is 24.3 Å². The summed E-state index contributed by atoms with van der Waals surface area (Å²) in [6, 6.07) is 7.38. The number of Topliss-reactive ketones (excluding diaryl/α,β-unsaturated/α-hetero) is 1. The van der Waals surface area contributed by atoms with Crippen LogP contribution in [-0.2, 0) is 11.3 Å². The smallest absolute Gasteiger partial charge is 0.408 e. The lowest BCUT2D eigenvalue weighted by Gasteiger charge is -2.07. The minimum absolute atomic E-state index is 0.130. The van der Waals surface area contributed by atoms with Crippen molar-refractivity contribution in [1.29, 1.82) is 0 Å². The summed E-state index contributed by atoms with van der Waals surface area (Å²) in [6.07, 6.45) is 3.39. The Morgan fingerprint density at radius 2 is 2.11 bits per heavy atom. The van der Waals surface area contributed by atoms with E-state index in [-0.39, 0.29) is 11.7 Å². The summed E-state index contributed by atoms with van der Waals surface area (Å²) >= 11 is 0. The third-order valence-electron chi connectivity index (χ3n) is 3.71. The number of fused-ring (bicyclic) bond motifs is 1. The quantitative estimate of drug-likeness (QED) is 0.834. The Labute approximate surface area is 104 Å². The Hall–Kier alpha value is -1.84. The number of ketones is 1. The molecule has 4 heteroatoms. The molecule has 2 aromatic rings. The van der Waals surface area contributed by atoms with Gasteiger partial charge in [-0.1, -0.05) is 12.1 Å². The summed E-state index contributed by atoms with van der Waals surface area (Å²) in [4.78, 5) is 23.3. The number of nitrogens with zero attached hydrogens (tertiary/aromatic N) is 1. The number of benzene rings is 1. The van der Waals surface area contributed by atoms with Crippen molar-refractivity contribution in [3.8, 4) is 0 Å². The highest BCUT2D eigenvalue weighted by molar-refractivity contribution is 5.82. The van der Waals surface area contributed by atoms with E-state index in [1.807, 2.05) is 18.2 Å². The van der Waals surface area contributed by atoms with E-state index in [1.54, 1.807) is 10.6 Å². The predicted molar refractivity (Wildman–Crippen MR) is 67.4 cm³/mol. The Kier molecular flexibility index (Phi) is 2.78. The normalized spacial score (nSPS) is 19.8. The number of hydrogen-bond acceptors (Lipinski definition) is 3. The summed E-state index contributed by atoms with van der Waals surface area (Å²) < 4.78 is 6.79. The van der Waals surface area contributed by atoms with Crippen LogP contribution in [-0.4, -0.2) is 10.4 Å². The number of carbonyl (C=O) groups excluding carboxylic acids is 1. The molecule has 94 valence electrons. The van der Waals surface area contributed by atoms with E-state index in [0.717, 1.165) is 24.8 Å². The molecular weight excluding hydrogens is 230 g/mol. The first kappa shape index (κ1) is 11.3. The molecule has 18 heavy (non-hydrogen) atoms. The van der Waals surface area contributed by atoms with Crippen LogP contribution in [0.25, 0.3) is 11.1 Å². The summed E-state index contributed by atoms with van der Waals surface area (Å²) in [5, 5.41) is 0. The van der Waals surface area contributed by atoms with E-state index in [2.05, 4.69) is 0 Å². The minimum Gasteiger partial charge on any atom is -0.408 e. The molecule has 0 spiro atoms. The number of carbonyl (C=O) groups is 1. The van der Waals surface area contributed by atoms with Crippen LogP contribution < -0.4 is 5.76 Å². The maximum atomic E-state index is 11.7. The second-order valence-corrected chi connectivity index (χ2v) is 4.83. The van der Waals surface area contributed by atoms with Crippen LogP contribution >= 0.6 is 0 Å². The van der Waals surface area contributed by atoms with Gasteiger partial charge < -0.3 is 4.42 Å². The van der Waals surface area contributed by atoms with Gasteiger partial charge in [0, 0.05) is 18.9 Å². The zero-order chi connectivity index (χ0) is 12.5. The largest absolute Gasteiger partial charge is 0.419 e. The molecule has 1 aromatic heterocycles. The lowest BCUT2D eigenvalue weighted by Crippen LogP contribution is -2.17. The van der Waals surface area contributed by atoms with Gasteiger partial charge in [-0.3, -0.25) is 9.36 Å². The molecule has 1 atom stereocenters. The Balaban J connectivity index is 1.84. The molecule has 0 bridgehead atoms. The summed E-state index contributed by atoms with van der Waals surface area (Å²) in [6.45, 7) is 0.562. The van der Waals surface area contributed by atoms with Gasteiger partial charge in [0.15, 0.2) is 5.58 Å². The lowest BCUT2D eigenvalue weighted by molar-refractivity contribution is -0.120. The third kappa shape index (κ3) is 1.88. The minimum atomic E-state index is -0.332. The van der Waals surface area contributed by atoms with Crippen LogP contribution in [0.15, 0.2) is 33.5 Å². The molecule has 1 aliphatic carbocycles. The first-order valence-electron chi connectivity index (χ1n) is 6.37. The Morgan fingerprint density at radius 3 is 2.89 bits per heavy atom. The summed E-state index contributed by atoms with van der Waals surface area (Å²) in [5.41, 5.74) is 1.42. The van der Waals surface area contributed by atoms with Gasteiger partial charge in [-0.05, 0) is 31.4 Å². The van der Waals surface area contributed by atoms with Gasteiger partial charge in [-0.15, -0.1) is 0 Å². The second kappa shape index (κ2) is 4.44. The monoisotopic (exact) mass is 245 g/mol. The summed E-state index contributed by atoms with van der Waals surface area (Å²) in [7, 11) is 0. The topological polar surface area (TPSA) is 52.2 Å². The van der Waals surface area contributed by atoms with Crippen LogP contribution in [0.5, 0.6) is 0 Å². The van der Waals surface area contributed by atoms with E-state index in [1.165, 1.54) is 0 Å². The number of rotatable bonds is 3. The van der Waals surface area contributed by atoms with Crippen molar-refractivity contribution in [2.75, 3.05) is 0 Å². The zero-order valence-electron chi connectivity index (χ0n) is 10.1. The van der Waals surface area contributed by atoms with Crippen molar-refractivity contribution in [2.45, 2.75) is 32.2 Å². The van der Waals surface area contributed by atoms with Gasteiger partial charge in [-0.25, -0.2) is 4.79 Å². The fraction of sp³-hybridized carbons (Fsp3) is 0.429. The maximum Gasteiger partial charge on any atom is 0.419 e. The number of hydrogen-bond donors (Lipinski definition) is 0. The van der Waals surface area contributed by atoms with Crippen LogP contribution in [0.1, 0.15) is 25.7 Å². The van der Waals surface area contributed by atoms with Crippen LogP contribution in [0.2, 0.25) is 0 Å². The molecule has 0 aliphatic heterocycles. The first-order chi connectivity index (χ1) is 8.75. The molecule has 0 N–H and O–H groups in total. The average molecular weight is 245 g/mol. The molecule has 1 heterocycles. The maximum absolute atomic E-state index is 11.7. The highest BCUT2D eigenvalue weighted by Gasteiger charge is 2.24. The molecule has 1 fully saturated rings. The molecule has 0 amide bonds. The average Bonchev–Trinajstić information content (AvgIpc) is 2.90. The van der Waals surface area contributed by atoms with E-state index < -0.39 is 0 Å². The Morgan fingerprint density at radius 1 is 1.28 bits per heavy atom. The van der Waals surface area contributed by atoms with Gasteiger partial charge in [-0.2, -0.15) is 0 Å². The molecule has 1 saturated carbocycles. The number of para-hydroxylation sites is 2. The van der Waals surface area contributed by atoms with Crippen molar-refractivity contribution in [2.24, 2.45) is 5.92 Å². The SMILES string of the molecule is O=C1CCCC1CCn1c(=O)oc2ccccc21. The fourth-order valence-corrected chi connectivity index (χ4v) is 2.70. The first-order valence-corrected chi connectivity index (χ1v) is 6.37. The van der Waals surface area contributed by atoms with Crippen LogP contribution in [0.3, 0.4) is 0 Å². The van der Waals surface area contributed by atoms with E-state index >= 15 is 0 Å². The van der Waals surface area contributed by atoms with Gasteiger partial charge in [0.05, 0.1) is 5.52 Å². The zero-order valence-corrected chi connectivity index (χ0v) is 10.1. The van der Waals surface area contributed by atoms with E-state index in [4.69, 9.17) is 4.42 Å². The molecule has 1 aliphatic rings. The van der Waals surface area contributed by atoms with Gasteiger partial charge in [0.1, 0.15) is 5.78 Å². The molecule has 3 rings (SSSR count). The molecule has 4 nitrogen and oxygen atoms in total. The van der Waals surface area contributed by atoms with Gasteiger partial charge in [0.25, 0.3) is 0 Å².